The molecule has 19 heavy (non-hydrogen) atoms. The van der Waals surface area contributed by atoms with Crippen LogP contribution >= 0.6 is 0 Å². The Morgan fingerprint density at radius 1 is 1.11 bits per heavy atom. The van der Waals surface area contributed by atoms with Gasteiger partial charge in [0.25, 0.3) is 0 Å². The molecule has 2 saturated heterocycles. The Bertz CT molecular complexity index is 485. The Hall–Kier alpha value is -1.36. The first kappa shape index (κ1) is 11.5. The van der Waals surface area contributed by atoms with E-state index >= 15 is 0 Å². The molecule has 2 atom stereocenters. The van der Waals surface area contributed by atoms with Crippen LogP contribution < -0.4 is 10.6 Å². The summed E-state index contributed by atoms with van der Waals surface area (Å²) in [6, 6.07) is 2.17. The highest BCUT2D eigenvalue weighted by atomic mass is 15.3. The molecule has 0 aromatic carbocycles. The number of nitrogens with two attached hydrogens (primary N) is 1. The summed E-state index contributed by atoms with van der Waals surface area (Å²) in [5.74, 6) is 3.72. The second-order valence-corrected chi connectivity index (χ2v) is 6.43. The molecule has 3 heterocycles. The van der Waals surface area contributed by atoms with Crippen molar-refractivity contribution in [3.63, 3.8) is 0 Å². The molecule has 2 N–H and O–H groups in total. The molecule has 2 unspecified atom stereocenters. The lowest BCUT2D eigenvalue weighted by molar-refractivity contribution is 0.387. The van der Waals surface area contributed by atoms with Crippen molar-refractivity contribution in [1.82, 2.24) is 14.9 Å². The van der Waals surface area contributed by atoms with Crippen molar-refractivity contribution in [2.24, 2.45) is 11.8 Å². The number of rotatable bonds is 2. The van der Waals surface area contributed by atoms with Crippen molar-refractivity contribution in [3.05, 3.63) is 11.8 Å². The van der Waals surface area contributed by atoms with Crippen molar-refractivity contribution in [3.8, 4) is 0 Å². The van der Waals surface area contributed by atoms with E-state index in [0.717, 1.165) is 36.4 Å². The van der Waals surface area contributed by atoms with Gasteiger partial charge < -0.3 is 15.5 Å². The van der Waals surface area contributed by atoms with Crippen molar-refractivity contribution in [2.75, 3.05) is 43.9 Å². The average Bonchev–Trinajstić information content (AvgIpc) is 3.05. The Morgan fingerprint density at radius 3 is 2.42 bits per heavy atom. The molecule has 2 aliphatic heterocycles. The summed E-state index contributed by atoms with van der Waals surface area (Å²) in [4.78, 5) is 13.7. The van der Waals surface area contributed by atoms with Gasteiger partial charge in [-0.15, -0.1) is 0 Å². The molecule has 5 nitrogen and oxygen atoms in total. The van der Waals surface area contributed by atoms with Gasteiger partial charge in [0.2, 0.25) is 5.95 Å². The van der Waals surface area contributed by atoms with Crippen molar-refractivity contribution in [2.45, 2.75) is 18.8 Å². The van der Waals surface area contributed by atoms with Crippen molar-refractivity contribution < 1.29 is 0 Å². The molecule has 3 aliphatic rings. The number of hydrogen-bond acceptors (Lipinski definition) is 5. The fraction of sp³-hybridized carbons (Fsp3) is 0.714. The molecule has 1 saturated carbocycles. The van der Waals surface area contributed by atoms with Crippen LogP contribution in [-0.2, 0) is 0 Å². The highest BCUT2D eigenvalue weighted by Gasteiger charge is 2.39. The number of likely N-dealkylation sites (tertiary alicyclic amines) is 1. The molecule has 0 spiro atoms. The molecular formula is C14H21N5. The zero-order valence-electron chi connectivity index (χ0n) is 11.4. The van der Waals surface area contributed by atoms with Crippen LogP contribution in [0.3, 0.4) is 0 Å². The minimum atomic E-state index is 0.438. The van der Waals surface area contributed by atoms with Gasteiger partial charge in [-0.1, -0.05) is 0 Å². The summed E-state index contributed by atoms with van der Waals surface area (Å²) >= 11 is 0. The zero-order chi connectivity index (χ0) is 13.0. The second kappa shape index (κ2) is 4.07. The summed E-state index contributed by atoms with van der Waals surface area (Å²) in [6.07, 6.45) is 2.51. The average molecular weight is 259 g/mol. The van der Waals surface area contributed by atoms with Gasteiger partial charge in [-0.25, -0.2) is 4.98 Å². The Labute approximate surface area is 113 Å². The highest BCUT2D eigenvalue weighted by molar-refractivity contribution is 5.46. The normalized spacial score (nSPS) is 30.9. The van der Waals surface area contributed by atoms with Crippen LogP contribution in [0.25, 0.3) is 0 Å². The van der Waals surface area contributed by atoms with Gasteiger partial charge >= 0.3 is 0 Å². The van der Waals surface area contributed by atoms with E-state index < -0.39 is 0 Å². The maximum Gasteiger partial charge on any atom is 0.222 e. The minimum absolute atomic E-state index is 0.438. The van der Waals surface area contributed by atoms with Crippen LogP contribution in [-0.4, -0.2) is 48.1 Å². The molecule has 4 rings (SSSR count). The predicted molar refractivity (Wildman–Crippen MR) is 75.1 cm³/mol. The van der Waals surface area contributed by atoms with Crippen LogP contribution in [0.1, 0.15) is 24.5 Å². The molecule has 1 aromatic heterocycles. The SMILES string of the molecule is CN1CC2CN(c3cc(C4CC4)nc(N)n3)CC2C1. The first-order chi connectivity index (χ1) is 9.19. The molecule has 1 aliphatic carbocycles. The van der Waals surface area contributed by atoms with E-state index in [-0.39, 0.29) is 0 Å². The molecule has 0 radical (unpaired) electrons. The standard InChI is InChI=1S/C14H21N5/c1-18-5-10-7-19(8-11(10)6-18)13-4-12(9-2-3-9)16-14(15)17-13/h4,9-11H,2-3,5-8H2,1H3,(H2,15,16,17). The zero-order valence-corrected chi connectivity index (χ0v) is 11.4. The first-order valence-corrected chi connectivity index (χ1v) is 7.27. The van der Waals surface area contributed by atoms with E-state index in [4.69, 9.17) is 5.73 Å². The maximum atomic E-state index is 5.87. The first-order valence-electron chi connectivity index (χ1n) is 7.27. The van der Waals surface area contributed by atoms with E-state index in [0.29, 0.717) is 11.9 Å². The molecular weight excluding hydrogens is 238 g/mol. The van der Waals surface area contributed by atoms with E-state index in [2.05, 4.69) is 32.9 Å². The number of aromatic nitrogens is 2. The molecule has 3 fully saturated rings. The van der Waals surface area contributed by atoms with Crippen LogP contribution in [0, 0.1) is 11.8 Å². The predicted octanol–water partition coefficient (Wildman–Crippen LogP) is 0.934. The van der Waals surface area contributed by atoms with E-state index in [9.17, 15) is 0 Å². The fourth-order valence-electron chi connectivity index (χ4n) is 3.64. The Kier molecular flexibility index (Phi) is 2.45. The van der Waals surface area contributed by atoms with Crippen LogP contribution in [0.4, 0.5) is 11.8 Å². The third-order valence-corrected chi connectivity index (χ3v) is 4.74. The second-order valence-electron chi connectivity index (χ2n) is 6.43. The quantitative estimate of drug-likeness (QED) is 0.856. The molecule has 0 amide bonds. The van der Waals surface area contributed by atoms with Crippen LogP contribution in [0.2, 0.25) is 0 Å². The number of anilines is 2. The third kappa shape index (κ3) is 2.06. The van der Waals surface area contributed by atoms with Crippen molar-refractivity contribution in [1.29, 1.82) is 0 Å². The maximum absolute atomic E-state index is 5.87. The van der Waals surface area contributed by atoms with Gasteiger partial charge in [0.1, 0.15) is 5.82 Å². The monoisotopic (exact) mass is 259 g/mol. The lowest BCUT2D eigenvalue weighted by atomic mass is 10.0. The molecule has 0 bridgehead atoms. The summed E-state index contributed by atoms with van der Waals surface area (Å²) in [5, 5.41) is 0. The lowest BCUT2D eigenvalue weighted by Crippen LogP contribution is -2.27. The van der Waals surface area contributed by atoms with E-state index in [1.165, 1.54) is 25.9 Å². The fourth-order valence-corrected chi connectivity index (χ4v) is 3.64. The Morgan fingerprint density at radius 2 is 1.79 bits per heavy atom. The minimum Gasteiger partial charge on any atom is -0.368 e. The van der Waals surface area contributed by atoms with E-state index in [1.807, 2.05) is 0 Å². The third-order valence-electron chi connectivity index (χ3n) is 4.74. The van der Waals surface area contributed by atoms with Gasteiger partial charge in [-0.3, -0.25) is 0 Å². The van der Waals surface area contributed by atoms with Gasteiger partial charge in [0, 0.05) is 38.2 Å². The highest BCUT2D eigenvalue weighted by Crippen LogP contribution is 2.41. The summed E-state index contributed by atoms with van der Waals surface area (Å²) in [5.41, 5.74) is 7.02. The summed E-state index contributed by atoms with van der Waals surface area (Å²) in [7, 11) is 2.22. The topological polar surface area (TPSA) is 58.3 Å². The smallest absolute Gasteiger partial charge is 0.222 e. The van der Waals surface area contributed by atoms with Gasteiger partial charge in [0.15, 0.2) is 0 Å². The number of nitrogens with zero attached hydrogens (tertiary/aromatic N) is 4. The number of nitrogen functional groups attached to an aromatic ring is 1. The summed E-state index contributed by atoms with van der Waals surface area (Å²) in [6.45, 7) is 4.68. The molecule has 102 valence electrons. The van der Waals surface area contributed by atoms with Gasteiger partial charge in [-0.05, 0) is 31.7 Å². The van der Waals surface area contributed by atoms with Crippen molar-refractivity contribution >= 4 is 11.8 Å². The lowest BCUT2D eigenvalue weighted by Gasteiger charge is -2.21. The Balaban J connectivity index is 1.57. The van der Waals surface area contributed by atoms with E-state index in [1.54, 1.807) is 0 Å². The number of hydrogen-bond donors (Lipinski definition) is 1. The largest absolute Gasteiger partial charge is 0.368 e. The number of fused-ring (bicyclic) bond motifs is 1. The molecule has 5 heteroatoms. The van der Waals surface area contributed by atoms with Gasteiger partial charge in [0.05, 0.1) is 5.69 Å². The van der Waals surface area contributed by atoms with Crippen LogP contribution in [0.5, 0.6) is 0 Å². The van der Waals surface area contributed by atoms with Gasteiger partial charge in [-0.2, -0.15) is 4.98 Å². The van der Waals surface area contributed by atoms with Crippen LogP contribution in [0.15, 0.2) is 6.07 Å². The summed E-state index contributed by atoms with van der Waals surface area (Å²) < 4.78 is 0. The molecule has 1 aromatic rings.